The lowest BCUT2D eigenvalue weighted by atomic mass is 10.2. The highest BCUT2D eigenvalue weighted by Crippen LogP contribution is 2.39. The van der Waals surface area contributed by atoms with Gasteiger partial charge in [0, 0.05) is 24.9 Å². The first-order valence-corrected chi connectivity index (χ1v) is 7.67. The van der Waals surface area contributed by atoms with E-state index in [1.54, 1.807) is 19.2 Å². The molecule has 0 unspecified atom stereocenters. The van der Waals surface area contributed by atoms with Crippen molar-refractivity contribution in [3.8, 4) is 23.1 Å². The van der Waals surface area contributed by atoms with Crippen LogP contribution >= 0.6 is 11.6 Å². The third-order valence-corrected chi connectivity index (χ3v) is 3.80. The van der Waals surface area contributed by atoms with Gasteiger partial charge in [-0.05, 0) is 12.1 Å². The highest BCUT2D eigenvalue weighted by Gasteiger charge is 2.17. The number of aromatic nitrogens is 2. The number of hydrogen-bond donors (Lipinski definition) is 1. The number of hydrogen-bond acceptors (Lipinski definition) is 6. The molecule has 2 heterocycles. The van der Waals surface area contributed by atoms with Crippen molar-refractivity contribution in [2.75, 3.05) is 26.6 Å². The van der Waals surface area contributed by atoms with E-state index in [1.165, 1.54) is 32.5 Å². The van der Waals surface area contributed by atoms with E-state index >= 15 is 0 Å². The average molecular weight is 364 g/mol. The van der Waals surface area contributed by atoms with Crippen LogP contribution < -0.4 is 19.5 Å². The first-order valence-electron chi connectivity index (χ1n) is 7.29. The SMILES string of the molecule is CNc1ccc(Oc2c(Cl)cnc3cc(OC)c(OC)nc23)c(F)c1. The molecule has 3 aromatic rings. The maximum Gasteiger partial charge on any atom is 0.257 e. The predicted molar refractivity (Wildman–Crippen MR) is 93.7 cm³/mol. The number of nitrogens with zero attached hydrogens (tertiary/aromatic N) is 2. The van der Waals surface area contributed by atoms with Gasteiger partial charge in [-0.2, -0.15) is 0 Å². The summed E-state index contributed by atoms with van der Waals surface area (Å²) in [5.74, 6) is 0.331. The molecule has 0 atom stereocenters. The van der Waals surface area contributed by atoms with Gasteiger partial charge in [0.1, 0.15) is 10.5 Å². The zero-order chi connectivity index (χ0) is 18.0. The molecular weight excluding hydrogens is 349 g/mol. The van der Waals surface area contributed by atoms with Gasteiger partial charge in [0.15, 0.2) is 23.1 Å². The van der Waals surface area contributed by atoms with E-state index in [1.807, 2.05) is 0 Å². The Morgan fingerprint density at radius 3 is 2.56 bits per heavy atom. The van der Waals surface area contributed by atoms with E-state index < -0.39 is 5.82 Å². The van der Waals surface area contributed by atoms with Crippen LogP contribution in [0.3, 0.4) is 0 Å². The summed E-state index contributed by atoms with van der Waals surface area (Å²) in [5, 5.41) is 3.05. The molecule has 0 aliphatic heterocycles. The van der Waals surface area contributed by atoms with Crippen LogP contribution in [0.5, 0.6) is 23.1 Å². The molecule has 0 aliphatic carbocycles. The average Bonchev–Trinajstić information content (AvgIpc) is 2.64. The van der Waals surface area contributed by atoms with Gasteiger partial charge in [-0.15, -0.1) is 0 Å². The van der Waals surface area contributed by atoms with Crippen LogP contribution in [0.1, 0.15) is 0 Å². The Labute approximate surface area is 148 Å². The number of rotatable bonds is 5. The second kappa shape index (κ2) is 6.98. The lowest BCUT2D eigenvalue weighted by molar-refractivity contribution is 0.344. The van der Waals surface area contributed by atoms with Gasteiger partial charge >= 0.3 is 0 Å². The fourth-order valence-corrected chi connectivity index (χ4v) is 2.45. The Balaban J connectivity index is 2.13. The predicted octanol–water partition coefficient (Wildman–Crippen LogP) is 4.27. The zero-order valence-corrected chi connectivity index (χ0v) is 14.5. The van der Waals surface area contributed by atoms with Gasteiger partial charge in [-0.3, -0.25) is 4.98 Å². The third kappa shape index (κ3) is 3.23. The molecule has 0 amide bonds. The quantitative estimate of drug-likeness (QED) is 0.730. The van der Waals surface area contributed by atoms with Crippen LogP contribution in [-0.4, -0.2) is 31.2 Å². The molecule has 0 spiro atoms. The number of anilines is 1. The molecule has 6 nitrogen and oxygen atoms in total. The molecule has 3 rings (SSSR count). The van der Waals surface area contributed by atoms with Crippen LogP contribution in [0, 0.1) is 5.82 Å². The Morgan fingerprint density at radius 1 is 1.12 bits per heavy atom. The van der Waals surface area contributed by atoms with E-state index in [0.29, 0.717) is 22.5 Å². The molecule has 0 radical (unpaired) electrons. The summed E-state index contributed by atoms with van der Waals surface area (Å²) in [6.45, 7) is 0. The van der Waals surface area contributed by atoms with Gasteiger partial charge in [-0.1, -0.05) is 11.6 Å². The fourth-order valence-electron chi connectivity index (χ4n) is 2.27. The van der Waals surface area contributed by atoms with E-state index in [0.717, 1.165) is 0 Å². The Hall–Kier alpha value is -2.80. The highest BCUT2D eigenvalue weighted by atomic mass is 35.5. The third-order valence-electron chi connectivity index (χ3n) is 3.53. The molecule has 0 saturated carbocycles. The molecule has 1 aromatic carbocycles. The summed E-state index contributed by atoms with van der Waals surface area (Å²) in [6.07, 6.45) is 1.41. The summed E-state index contributed by atoms with van der Waals surface area (Å²) < 4.78 is 30.3. The maximum atomic E-state index is 14.2. The number of nitrogens with one attached hydrogen (secondary N) is 1. The van der Waals surface area contributed by atoms with Gasteiger partial charge in [-0.25, -0.2) is 9.37 Å². The van der Waals surface area contributed by atoms with Crippen molar-refractivity contribution in [2.24, 2.45) is 0 Å². The first kappa shape index (κ1) is 17.0. The summed E-state index contributed by atoms with van der Waals surface area (Å²) in [7, 11) is 4.66. The topological polar surface area (TPSA) is 65.5 Å². The summed E-state index contributed by atoms with van der Waals surface area (Å²) in [4.78, 5) is 8.53. The normalized spacial score (nSPS) is 10.6. The van der Waals surface area contributed by atoms with Gasteiger partial charge < -0.3 is 19.5 Å². The van der Waals surface area contributed by atoms with Gasteiger partial charge in [0.05, 0.1) is 25.9 Å². The van der Waals surface area contributed by atoms with E-state index in [2.05, 4.69) is 15.3 Å². The van der Waals surface area contributed by atoms with Gasteiger partial charge in [0.25, 0.3) is 5.88 Å². The minimum absolute atomic E-state index is 0.0185. The standard InChI is InChI=1S/C17H15ClFN3O3/c1-20-9-4-5-13(11(19)6-9)25-16-10(18)8-21-12-7-14(23-2)17(24-3)22-15(12)16/h4-8,20H,1-3H3. The monoisotopic (exact) mass is 363 g/mol. The van der Waals surface area contributed by atoms with E-state index in [9.17, 15) is 4.39 Å². The largest absolute Gasteiger partial charge is 0.491 e. The van der Waals surface area contributed by atoms with Crippen molar-refractivity contribution < 1.29 is 18.6 Å². The Bertz CT molecular complexity index is 937. The van der Waals surface area contributed by atoms with Crippen molar-refractivity contribution in [3.63, 3.8) is 0 Å². The molecule has 0 fully saturated rings. The molecule has 1 N–H and O–H groups in total. The summed E-state index contributed by atoms with van der Waals surface area (Å²) in [6, 6.07) is 6.16. The Morgan fingerprint density at radius 2 is 1.92 bits per heavy atom. The van der Waals surface area contributed by atoms with Crippen molar-refractivity contribution in [2.45, 2.75) is 0 Å². The summed E-state index contributed by atoms with van der Waals surface area (Å²) in [5.41, 5.74) is 1.44. The molecule has 0 saturated heterocycles. The smallest absolute Gasteiger partial charge is 0.257 e. The highest BCUT2D eigenvalue weighted by molar-refractivity contribution is 6.32. The second-order valence-corrected chi connectivity index (χ2v) is 5.41. The molecule has 0 aliphatic rings. The van der Waals surface area contributed by atoms with Crippen LogP contribution in [0.15, 0.2) is 30.5 Å². The maximum absolute atomic E-state index is 14.2. The van der Waals surface area contributed by atoms with E-state index in [-0.39, 0.29) is 22.4 Å². The van der Waals surface area contributed by atoms with E-state index in [4.69, 9.17) is 25.8 Å². The number of pyridine rings is 2. The lowest BCUT2D eigenvalue weighted by Gasteiger charge is -2.13. The summed E-state index contributed by atoms with van der Waals surface area (Å²) >= 11 is 6.20. The minimum atomic E-state index is -0.534. The van der Waals surface area contributed by atoms with Crippen LogP contribution in [-0.2, 0) is 0 Å². The van der Waals surface area contributed by atoms with Crippen molar-refractivity contribution >= 4 is 28.3 Å². The van der Waals surface area contributed by atoms with Crippen LogP contribution in [0.2, 0.25) is 5.02 Å². The van der Waals surface area contributed by atoms with Crippen molar-refractivity contribution in [1.82, 2.24) is 9.97 Å². The van der Waals surface area contributed by atoms with Crippen molar-refractivity contribution in [1.29, 1.82) is 0 Å². The first-order chi connectivity index (χ1) is 12.1. The minimum Gasteiger partial charge on any atom is -0.491 e. The van der Waals surface area contributed by atoms with Gasteiger partial charge in [0.2, 0.25) is 0 Å². The number of benzene rings is 1. The molecule has 2 aromatic heterocycles. The number of halogens is 2. The molecule has 0 bridgehead atoms. The molecule has 130 valence electrons. The number of methoxy groups -OCH3 is 2. The number of ether oxygens (including phenoxy) is 3. The molecule has 8 heteroatoms. The fraction of sp³-hybridized carbons (Fsp3) is 0.176. The van der Waals surface area contributed by atoms with Crippen molar-refractivity contribution in [3.05, 3.63) is 41.3 Å². The molecule has 25 heavy (non-hydrogen) atoms. The van der Waals surface area contributed by atoms with Crippen LogP contribution in [0.4, 0.5) is 10.1 Å². The van der Waals surface area contributed by atoms with Crippen LogP contribution in [0.25, 0.3) is 11.0 Å². The number of fused-ring (bicyclic) bond motifs is 1. The lowest BCUT2D eigenvalue weighted by Crippen LogP contribution is -1.98. The second-order valence-electron chi connectivity index (χ2n) is 5.00. The zero-order valence-electron chi connectivity index (χ0n) is 13.8. The Kier molecular flexibility index (Phi) is 4.76. The molecular formula is C17H15ClFN3O3.